The van der Waals surface area contributed by atoms with Gasteiger partial charge in [-0.15, -0.1) is 0 Å². The van der Waals surface area contributed by atoms with Crippen LogP contribution in [0.5, 0.6) is 0 Å². The van der Waals surface area contributed by atoms with E-state index in [2.05, 4.69) is 9.72 Å². The lowest BCUT2D eigenvalue weighted by Crippen LogP contribution is -1.94. The quantitative estimate of drug-likeness (QED) is 0.554. The fourth-order valence-electron chi connectivity index (χ4n) is 0.863. The molecule has 0 amide bonds. The first-order chi connectivity index (χ1) is 6.63. The van der Waals surface area contributed by atoms with E-state index in [1.807, 2.05) is 0 Å². The molecule has 1 heterocycles. The molecule has 1 rings (SSSR count). The zero-order chi connectivity index (χ0) is 10.6. The molecule has 14 heavy (non-hydrogen) atoms. The lowest BCUT2D eigenvalue weighted by atomic mass is 10.3. The normalized spacial score (nSPS) is 10.4. The van der Waals surface area contributed by atoms with Crippen LogP contribution in [0.2, 0.25) is 0 Å². The molecular formula is C9H9NO4. The number of hydrogen-bond donors (Lipinski definition) is 2. The van der Waals surface area contributed by atoms with E-state index in [0.29, 0.717) is 5.56 Å². The van der Waals surface area contributed by atoms with Crippen LogP contribution in [-0.2, 0) is 9.53 Å². The predicted octanol–water partition coefficient (Wildman–Crippen LogP) is 0.899. The monoisotopic (exact) mass is 195 g/mol. The van der Waals surface area contributed by atoms with Crippen LogP contribution in [0.3, 0.4) is 0 Å². The van der Waals surface area contributed by atoms with Gasteiger partial charge in [-0.25, -0.2) is 9.59 Å². The summed E-state index contributed by atoms with van der Waals surface area (Å²) in [6.07, 6.45) is 4.17. The fourth-order valence-corrected chi connectivity index (χ4v) is 0.863. The van der Waals surface area contributed by atoms with Crippen LogP contribution in [0.4, 0.5) is 0 Å². The number of aromatic nitrogens is 1. The van der Waals surface area contributed by atoms with Crippen molar-refractivity contribution in [3.63, 3.8) is 0 Å². The number of hydrogen-bond acceptors (Lipinski definition) is 3. The number of carbonyl (C=O) groups excluding carboxylic acids is 1. The van der Waals surface area contributed by atoms with Crippen LogP contribution in [0.15, 0.2) is 18.3 Å². The summed E-state index contributed by atoms with van der Waals surface area (Å²) in [6, 6.07) is 1.42. The number of H-pyrrole nitrogens is 1. The van der Waals surface area contributed by atoms with Crippen LogP contribution in [0, 0.1) is 0 Å². The van der Waals surface area contributed by atoms with Crippen molar-refractivity contribution < 1.29 is 19.4 Å². The summed E-state index contributed by atoms with van der Waals surface area (Å²) in [5.41, 5.74) is 0.683. The molecule has 5 nitrogen and oxygen atoms in total. The van der Waals surface area contributed by atoms with Gasteiger partial charge < -0.3 is 14.8 Å². The van der Waals surface area contributed by atoms with Gasteiger partial charge in [0, 0.05) is 12.3 Å². The molecule has 0 aliphatic carbocycles. The van der Waals surface area contributed by atoms with E-state index < -0.39 is 11.9 Å². The van der Waals surface area contributed by atoms with Crippen molar-refractivity contribution in [2.75, 3.05) is 7.11 Å². The number of aromatic carboxylic acids is 1. The number of ether oxygens (including phenoxy) is 1. The first-order valence-corrected chi connectivity index (χ1v) is 3.81. The summed E-state index contributed by atoms with van der Waals surface area (Å²) in [6.45, 7) is 0. The van der Waals surface area contributed by atoms with Gasteiger partial charge in [0.2, 0.25) is 0 Å². The molecule has 0 fully saturated rings. The summed E-state index contributed by atoms with van der Waals surface area (Å²) >= 11 is 0. The second kappa shape index (κ2) is 4.27. The Morgan fingerprint density at radius 2 is 2.29 bits per heavy atom. The molecule has 1 aromatic heterocycles. The Labute approximate surface area is 80.0 Å². The van der Waals surface area contributed by atoms with Crippen molar-refractivity contribution in [2.24, 2.45) is 0 Å². The van der Waals surface area contributed by atoms with Gasteiger partial charge in [-0.3, -0.25) is 0 Å². The molecule has 0 bridgehead atoms. The molecule has 2 N–H and O–H groups in total. The van der Waals surface area contributed by atoms with Crippen molar-refractivity contribution in [3.8, 4) is 0 Å². The average Bonchev–Trinajstić information content (AvgIpc) is 2.62. The Bertz CT molecular complexity index is 378. The molecule has 0 unspecified atom stereocenters. The molecule has 0 saturated carbocycles. The molecular weight excluding hydrogens is 186 g/mol. The molecule has 0 radical (unpaired) electrons. The first-order valence-electron chi connectivity index (χ1n) is 3.81. The minimum Gasteiger partial charge on any atom is -0.477 e. The van der Waals surface area contributed by atoms with Gasteiger partial charge in [0.1, 0.15) is 5.69 Å². The summed E-state index contributed by atoms with van der Waals surface area (Å²) in [4.78, 5) is 23.7. The molecule has 74 valence electrons. The van der Waals surface area contributed by atoms with Gasteiger partial charge in [0.15, 0.2) is 0 Å². The molecule has 1 aromatic rings. The van der Waals surface area contributed by atoms with E-state index in [-0.39, 0.29) is 5.69 Å². The van der Waals surface area contributed by atoms with Crippen LogP contribution >= 0.6 is 0 Å². The Balaban J connectivity index is 2.73. The van der Waals surface area contributed by atoms with E-state index in [9.17, 15) is 9.59 Å². The molecule has 0 aliphatic rings. The van der Waals surface area contributed by atoms with E-state index in [1.54, 1.807) is 0 Å². The van der Waals surface area contributed by atoms with E-state index in [4.69, 9.17) is 5.11 Å². The lowest BCUT2D eigenvalue weighted by molar-refractivity contribution is -0.134. The predicted molar refractivity (Wildman–Crippen MR) is 48.8 cm³/mol. The van der Waals surface area contributed by atoms with Crippen molar-refractivity contribution in [1.29, 1.82) is 0 Å². The third kappa shape index (κ3) is 2.48. The minimum atomic E-state index is -1.04. The SMILES string of the molecule is COC(=O)C=Cc1c[nH]c(C(=O)O)c1. The molecule has 5 heteroatoms. The molecule has 0 saturated heterocycles. The number of aromatic amines is 1. The summed E-state index contributed by atoms with van der Waals surface area (Å²) < 4.78 is 4.37. The molecule has 0 spiro atoms. The fraction of sp³-hybridized carbons (Fsp3) is 0.111. The van der Waals surface area contributed by atoms with Crippen molar-refractivity contribution >= 4 is 18.0 Å². The Kier molecular flexibility index (Phi) is 3.06. The number of carboxylic acid groups (broad SMARTS) is 1. The first kappa shape index (κ1) is 10.0. The van der Waals surface area contributed by atoms with Gasteiger partial charge >= 0.3 is 11.9 Å². The Hall–Kier alpha value is -2.04. The minimum absolute atomic E-state index is 0.0783. The molecule has 0 atom stereocenters. The highest BCUT2D eigenvalue weighted by atomic mass is 16.5. The maximum absolute atomic E-state index is 10.7. The van der Waals surface area contributed by atoms with E-state index in [0.717, 1.165) is 0 Å². The second-order valence-corrected chi connectivity index (χ2v) is 2.51. The van der Waals surface area contributed by atoms with Crippen LogP contribution in [-0.4, -0.2) is 29.1 Å². The summed E-state index contributed by atoms with van der Waals surface area (Å²) in [5, 5.41) is 8.57. The van der Waals surface area contributed by atoms with Gasteiger partial charge in [-0.1, -0.05) is 0 Å². The summed E-state index contributed by atoms with van der Waals surface area (Å²) in [5.74, 6) is -1.52. The Morgan fingerprint density at radius 1 is 1.57 bits per heavy atom. The van der Waals surface area contributed by atoms with Crippen LogP contribution in [0.25, 0.3) is 6.08 Å². The standard InChI is InChI=1S/C9H9NO4/c1-14-8(11)3-2-6-4-7(9(12)13)10-5-6/h2-5,10H,1H3,(H,12,13). The number of esters is 1. The lowest BCUT2D eigenvalue weighted by Gasteiger charge is -1.87. The molecule has 0 aromatic carbocycles. The zero-order valence-corrected chi connectivity index (χ0v) is 7.48. The third-order valence-electron chi connectivity index (χ3n) is 1.55. The number of rotatable bonds is 3. The largest absolute Gasteiger partial charge is 0.477 e. The van der Waals surface area contributed by atoms with Gasteiger partial charge in [-0.2, -0.15) is 0 Å². The number of nitrogens with one attached hydrogen (secondary N) is 1. The van der Waals surface area contributed by atoms with Crippen molar-refractivity contribution in [2.45, 2.75) is 0 Å². The highest BCUT2D eigenvalue weighted by Gasteiger charge is 2.03. The Morgan fingerprint density at radius 3 is 2.79 bits per heavy atom. The van der Waals surface area contributed by atoms with Gasteiger partial charge in [-0.05, 0) is 17.7 Å². The van der Waals surface area contributed by atoms with Gasteiger partial charge in [0.05, 0.1) is 7.11 Å². The number of carbonyl (C=O) groups is 2. The number of methoxy groups -OCH3 is 1. The van der Waals surface area contributed by atoms with Crippen LogP contribution in [0.1, 0.15) is 16.1 Å². The molecule has 0 aliphatic heterocycles. The zero-order valence-electron chi connectivity index (χ0n) is 7.48. The maximum atomic E-state index is 10.7. The second-order valence-electron chi connectivity index (χ2n) is 2.51. The maximum Gasteiger partial charge on any atom is 0.352 e. The summed E-state index contributed by atoms with van der Waals surface area (Å²) in [7, 11) is 1.27. The van der Waals surface area contributed by atoms with Gasteiger partial charge in [0.25, 0.3) is 0 Å². The third-order valence-corrected chi connectivity index (χ3v) is 1.55. The smallest absolute Gasteiger partial charge is 0.352 e. The highest BCUT2D eigenvalue weighted by molar-refractivity contribution is 5.89. The van der Waals surface area contributed by atoms with Crippen LogP contribution < -0.4 is 0 Å². The van der Waals surface area contributed by atoms with Crippen molar-refractivity contribution in [3.05, 3.63) is 29.6 Å². The van der Waals surface area contributed by atoms with E-state index >= 15 is 0 Å². The highest BCUT2D eigenvalue weighted by Crippen LogP contribution is 2.05. The average molecular weight is 195 g/mol. The topological polar surface area (TPSA) is 79.4 Å². The number of carboxylic acids is 1. The van der Waals surface area contributed by atoms with E-state index in [1.165, 1.54) is 31.5 Å². The van der Waals surface area contributed by atoms with Crippen molar-refractivity contribution in [1.82, 2.24) is 4.98 Å².